The Morgan fingerprint density at radius 3 is 3.19 bits per heavy atom. The van der Waals surface area contributed by atoms with Crippen LogP contribution in [0.25, 0.3) is 10.1 Å². The molecule has 0 radical (unpaired) electrons. The number of anilines is 1. The minimum absolute atomic E-state index is 0.0877. The van der Waals surface area contributed by atoms with Crippen LogP contribution in [-0.4, -0.2) is 30.6 Å². The lowest BCUT2D eigenvalue weighted by molar-refractivity contribution is 0.191. The van der Waals surface area contributed by atoms with Crippen molar-refractivity contribution in [2.45, 2.75) is 6.04 Å². The monoisotopic (exact) mass is 256 g/mol. The number of aromatic nitrogens is 1. The van der Waals surface area contributed by atoms with E-state index in [0.717, 1.165) is 11.2 Å². The van der Waals surface area contributed by atoms with E-state index in [9.17, 15) is 0 Å². The number of fused-ring (bicyclic) bond motifs is 1. The van der Waals surface area contributed by atoms with Crippen LogP contribution in [0.5, 0.6) is 0 Å². The van der Waals surface area contributed by atoms with Gasteiger partial charge in [0.05, 0.1) is 12.6 Å². The van der Waals surface area contributed by atoms with Gasteiger partial charge in [-0.2, -0.15) is 0 Å². The molecule has 0 aromatic carbocycles. The summed E-state index contributed by atoms with van der Waals surface area (Å²) >= 11 is 7.56. The lowest BCUT2D eigenvalue weighted by atomic mass is 10.3. The molecule has 86 valence electrons. The highest BCUT2D eigenvalue weighted by Crippen LogP contribution is 2.26. The predicted octanol–water partition coefficient (Wildman–Crippen LogP) is 2.96. The van der Waals surface area contributed by atoms with Gasteiger partial charge < -0.3 is 10.1 Å². The Balaban J connectivity index is 2.22. The summed E-state index contributed by atoms with van der Waals surface area (Å²) in [5.41, 5.74) is 0. The quantitative estimate of drug-likeness (QED) is 0.836. The molecular formula is C11H13ClN2OS. The number of ether oxygens (including phenoxy) is 1. The average molecular weight is 257 g/mol. The van der Waals surface area contributed by atoms with Crippen LogP contribution in [0.3, 0.4) is 0 Å². The molecule has 0 bridgehead atoms. The first-order valence-electron chi connectivity index (χ1n) is 4.99. The number of hydrogen-bond acceptors (Lipinski definition) is 4. The van der Waals surface area contributed by atoms with Crippen molar-refractivity contribution in [1.29, 1.82) is 0 Å². The largest absolute Gasteiger partial charge is 0.383 e. The SMILES string of the molecule is COCC(CCl)Nc1nccc2sccc12. The van der Waals surface area contributed by atoms with Gasteiger partial charge in [0.2, 0.25) is 0 Å². The predicted molar refractivity (Wildman–Crippen MR) is 69.6 cm³/mol. The van der Waals surface area contributed by atoms with E-state index in [-0.39, 0.29) is 6.04 Å². The highest BCUT2D eigenvalue weighted by atomic mass is 35.5. The summed E-state index contributed by atoms with van der Waals surface area (Å²) in [6.45, 7) is 0.575. The standard InChI is InChI=1S/C11H13ClN2OS/c1-15-7-8(6-12)14-11-9-3-5-16-10(9)2-4-13-11/h2-5,8H,6-7H2,1H3,(H,13,14). The van der Waals surface area contributed by atoms with E-state index < -0.39 is 0 Å². The van der Waals surface area contributed by atoms with Crippen molar-refractivity contribution < 1.29 is 4.74 Å². The summed E-state index contributed by atoms with van der Waals surface area (Å²) in [6.07, 6.45) is 1.80. The molecule has 0 aliphatic carbocycles. The summed E-state index contributed by atoms with van der Waals surface area (Å²) in [5.74, 6) is 1.37. The van der Waals surface area contributed by atoms with Crippen LogP contribution < -0.4 is 5.32 Å². The molecule has 0 fully saturated rings. The second kappa shape index (κ2) is 5.48. The van der Waals surface area contributed by atoms with E-state index in [1.165, 1.54) is 4.70 Å². The van der Waals surface area contributed by atoms with Gasteiger partial charge in [-0.1, -0.05) is 0 Å². The first-order chi connectivity index (χ1) is 7.85. The lowest BCUT2D eigenvalue weighted by Crippen LogP contribution is -2.27. The Morgan fingerprint density at radius 2 is 2.44 bits per heavy atom. The van der Waals surface area contributed by atoms with E-state index in [1.54, 1.807) is 24.6 Å². The first kappa shape index (κ1) is 11.6. The molecule has 0 aliphatic rings. The van der Waals surface area contributed by atoms with Crippen LogP contribution in [0.4, 0.5) is 5.82 Å². The van der Waals surface area contributed by atoms with Crippen molar-refractivity contribution in [2.75, 3.05) is 24.9 Å². The molecule has 1 N–H and O–H groups in total. The molecule has 3 nitrogen and oxygen atoms in total. The Bertz CT molecular complexity index is 460. The van der Waals surface area contributed by atoms with Crippen LogP contribution in [0, 0.1) is 0 Å². The highest BCUT2D eigenvalue weighted by Gasteiger charge is 2.10. The van der Waals surface area contributed by atoms with Gasteiger partial charge in [0, 0.05) is 29.3 Å². The second-order valence-electron chi connectivity index (χ2n) is 3.44. The zero-order valence-electron chi connectivity index (χ0n) is 8.94. The van der Waals surface area contributed by atoms with Gasteiger partial charge in [0.25, 0.3) is 0 Å². The fourth-order valence-electron chi connectivity index (χ4n) is 1.53. The molecule has 1 unspecified atom stereocenters. The smallest absolute Gasteiger partial charge is 0.135 e. The first-order valence-corrected chi connectivity index (χ1v) is 6.40. The van der Waals surface area contributed by atoms with Crippen molar-refractivity contribution in [2.24, 2.45) is 0 Å². The van der Waals surface area contributed by atoms with Gasteiger partial charge in [0.15, 0.2) is 0 Å². The number of rotatable bonds is 5. The highest BCUT2D eigenvalue weighted by molar-refractivity contribution is 7.17. The van der Waals surface area contributed by atoms with E-state index in [2.05, 4.69) is 21.7 Å². The Morgan fingerprint density at radius 1 is 1.56 bits per heavy atom. The number of pyridine rings is 1. The lowest BCUT2D eigenvalue weighted by Gasteiger charge is -2.16. The summed E-state index contributed by atoms with van der Waals surface area (Å²) < 4.78 is 6.31. The Kier molecular flexibility index (Phi) is 3.98. The normalized spacial score (nSPS) is 12.9. The minimum Gasteiger partial charge on any atom is -0.383 e. The topological polar surface area (TPSA) is 34.1 Å². The summed E-state index contributed by atoms with van der Waals surface area (Å²) in [4.78, 5) is 4.33. The van der Waals surface area contributed by atoms with Crippen molar-refractivity contribution >= 4 is 38.8 Å². The van der Waals surface area contributed by atoms with Gasteiger partial charge in [-0.3, -0.25) is 0 Å². The summed E-state index contributed by atoms with van der Waals surface area (Å²) in [6, 6.07) is 4.16. The number of nitrogens with zero attached hydrogens (tertiary/aromatic N) is 1. The van der Waals surface area contributed by atoms with Crippen molar-refractivity contribution in [3.05, 3.63) is 23.7 Å². The fourth-order valence-corrected chi connectivity index (χ4v) is 2.48. The van der Waals surface area contributed by atoms with E-state index in [0.29, 0.717) is 12.5 Å². The molecule has 0 spiro atoms. The number of hydrogen-bond donors (Lipinski definition) is 1. The molecule has 0 amide bonds. The van der Waals surface area contributed by atoms with Crippen LogP contribution in [0.1, 0.15) is 0 Å². The third-order valence-electron chi connectivity index (χ3n) is 2.27. The Hall–Kier alpha value is -0.840. The molecule has 2 aromatic heterocycles. The number of thiophene rings is 1. The van der Waals surface area contributed by atoms with E-state index >= 15 is 0 Å². The van der Waals surface area contributed by atoms with Crippen molar-refractivity contribution in [3.8, 4) is 0 Å². The summed E-state index contributed by atoms with van der Waals surface area (Å²) in [5, 5.41) is 6.49. The maximum Gasteiger partial charge on any atom is 0.135 e. The molecule has 0 saturated carbocycles. The molecular weight excluding hydrogens is 244 g/mol. The third kappa shape index (κ3) is 2.45. The second-order valence-corrected chi connectivity index (χ2v) is 4.70. The van der Waals surface area contributed by atoms with E-state index in [4.69, 9.17) is 16.3 Å². The van der Waals surface area contributed by atoms with Crippen LogP contribution >= 0.6 is 22.9 Å². The molecule has 16 heavy (non-hydrogen) atoms. The van der Waals surface area contributed by atoms with Gasteiger partial charge in [-0.25, -0.2) is 4.98 Å². The van der Waals surface area contributed by atoms with Gasteiger partial charge in [-0.15, -0.1) is 22.9 Å². The molecule has 2 aromatic rings. The van der Waals surface area contributed by atoms with Crippen LogP contribution in [0.15, 0.2) is 23.7 Å². The van der Waals surface area contributed by atoms with Crippen molar-refractivity contribution in [1.82, 2.24) is 4.98 Å². The van der Waals surface area contributed by atoms with Gasteiger partial charge >= 0.3 is 0 Å². The molecule has 2 rings (SSSR count). The van der Waals surface area contributed by atoms with Crippen LogP contribution in [0.2, 0.25) is 0 Å². The molecule has 0 aliphatic heterocycles. The average Bonchev–Trinajstić information content (AvgIpc) is 2.77. The van der Waals surface area contributed by atoms with Gasteiger partial charge in [-0.05, 0) is 17.5 Å². The number of methoxy groups -OCH3 is 1. The molecule has 1 atom stereocenters. The molecule has 2 heterocycles. The van der Waals surface area contributed by atoms with E-state index in [1.807, 2.05) is 6.07 Å². The maximum atomic E-state index is 5.85. The van der Waals surface area contributed by atoms with Crippen LogP contribution in [-0.2, 0) is 4.74 Å². The molecule has 0 saturated heterocycles. The zero-order valence-corrected chi connectivity index (χ0v) is 10.5. The number of alkyl halides is 1. The minimum atomic E-state index is 0.0877. The number of nitrogens with one attached hydrogen (secondary N) is 1. The fraction of sp³-hybridized carbons (Fsp3) is 0.364. The summed E-state index contributed by atoms with van der Waals surface area (Å²) in [7, 11) is 1.67. The zero-order chi connectivity index (χ0) is 11.4. The van der Waals surface area contributed by atoms with Gasteiger partial charge in [0.1, 0.15) is 5.82 Å². The number of halogens is 1. The third-order valence-corrected chi connectivity index (χ3v) is 3.53. The Labute approximate surface area is 103 Å². The molecule has 5 heteroatoms. The van der Waals surface area contributed by atoms with Crippen molar-refractivity contribution in [3.63, 3.8) is 0 Å². The maximum absolute atomic E-state index is 5.85.